The summed E-state index contributed by atoms with van der Waals surface area (Å²) in [7, 11) is 3.46. The largest absolute Gasteiger partial charge is 0.383 e. The summed E-state index contributed by atoms with van der Waals surface area (Å²) in [5, 5.41) is 6.34. The van der Waals surface area contributed by atoms with Gasteiger partial charge in [-0.3, -0.25) is 4.68 Å². The molecule has 16 heavy (non-hydrogen) atoms. The predicted octanol–water partition coefficient (Wildman–Crippen LogP) is 1.19. The monoisotopic (exact) mass is 238 g/mol. The molecule has 0 radical (unpaired) electrons. The standard InChI is InChI=1S/C10H14N4OS/c1-14-10(7(11)6-15-2)12-9(13-14)8-4-3-5-16-8/h3-5,7H,6,11H2,1-2H3. The lowest BCUT2D eigenvalue weighted by Crippen LogP contribution is -2.20. The fourth-order valence-electron chi connectivity index (χ4n) is 1.48. The average molecular weight is 238 g/mol. The molecule has 2 N–H and O–H groups in total. The minimum absolute atomic E-state index is 0.240. The van der Waals surface area contributed by atoms with Crippen molar-refractivity contribution in [3.05, 3.63) is 23.3 Å². The van der Waals surface area contributed by atoms with Crippen molar-refractivity contribution in [2.75, 3.05) is 13.7 Å². The highest BCUT2D eigenvalue weighted by Crippen LogP contribution is 2.22. The van der Waals surface area contributed by atoms with E-state index in [4.69, 9.17) is 10.5 Å². The second kappa shape index (κ2) is 4.73. The van der Waals surface area contributed by atoms with Gasteiger partial charge < -0.3 is 10.5 Å². The molecular formula is C10H14N4OS. The van der Waals surface area contributed by atoms with Crippen LogP contribution >= 0.6 is 11.3 Å². The maximum Gasteiger partial charge on any atom is 0.191 e. The normalized spacial score (nSPS) is 12.9. The van der Waals surface area contributed by atoms with Crippen LogP contribution in [0.1, 0.15) is 11.9 Å². The molecule has 0 fully saturated rings. The minimum Gasteiger partial charge on any atom is -0.383 e. The zero-order valence-electron chi connectivity index (χ0n) is 9.25. The highest BCUT2D eigenvalue weighted by Gasteiger charge is 2.15. The first kappa shape index (κ1) is 11.3. The van der Waals surface area contributed by atoms with Gasteiger partial charge in [0.25, 0.3) is 0 Å². The topological polar surface area (TPSA) is 66.0 Å². The van der Waals surface area contributed by atoms with E-state index >= 15 is 0 Å². The van der Waals surface area contributed by atoms with E-state index in [0.717, 1.165) is 16.5 Å². The molecule has 0 bridgehead atoms. The van der Waals surface area contributed by atoms with Crippen LogP contribution in [0.5, 0.6) is 0 Å². The fourth-order valence-corrected chi connectivity index (χ4v) is 2.14. The van der Waals surface area contributed by atoms with Crippen molar-refractivity contribution >= 4 is 11.3 Å². The molecule has 2 rings (SSSR count). The summed E-state index contributed by atoms with van der Waals surface area (Å²) in [5.74, 6) is 1.46. The van der Waals surface area contributed by atoms with Crippen molar-refractivity contribution in [1.82, 2.24) is 14.8 Å². The first-order valence-corrected chi connectivity index (χ1v) is 5.79. The number of aryl methyl sites for hydroxylation is 1. The van der Waals surface area contributed by atoms with E-state index in [1.54, 1.807) is 23.1 Å². The molecule has 0 saturated carbocycles. The minimum atomic E-state index is -0.240. The molecule has 0 aromatic carbocycles. The number of methoxy groups -OCH3 is 1. The third-order valence-corrected chi connectivity index (χ3v) is 3.08. The van der Waals surface area contributed by atoms with Gasteiger partial charge in [-0.25, -0.2) is 4.98 Å². The summed E-state index contributed by atoms with van der Waals surface area (Å²) in [5.41, 5.74) is 5.93. The van der Waals surface area contributed by atoms with Crippen LogP contribution in [0.15, 0.2) is 17.5 Å². The fraction of sp³-hybridized carbons (Fsp3) is 0.400. The molecule has 2 aromatic heterocycles. The zero-order chi connectivity index (χ0) is 11.5. The summed E-state index contributed by atoms with van der Waals surface area (Å²) in [6.07, 6.45) is 0. The summed E-state index contributed by atoms with van der Waals surface area (Å²) >= 11 is 1.61. The number of aromatic nitrogens is 3. The number of ether oxygens (including phenoxy) is 1. The van der Waals surface area contributed by atoms with Crippen molar-refractivity contribution in [3.63, 3.8) is 0 Å². The Bertz CT molecular complexity index is 451. The summed E-state index contributed by atoms with van der Waals surface area (Å²) in [6, 6.07) is 3.73. The number of hydrogen-bond acceptors (Lipinski definition) is 5. The van der Waals surface area contributed by atoms with Gasteiger partial charge in [0.2, 0.25) is 0 Å². The van der Waals surface area contributed by atoms with Crippen molar-refractivity contribution in [2.45, 2.75) is 6.04 Å². The molecule has 0 spiro atoms. The van der Waals surface area contributed by atoms with Crippen LogP contribution in [0.25, 0.3) is 10.7 Å². The Hall–Kier alpha value is -1.24. The molecule has 0 amide bonds. The average Bonchev–Trinajstić information content (AvgIpc) is 2.86. The Morgan fingerprint density at radius 2 is 2.44 bits per heavy atom. The summed E-state index contributed by atoms with van der Waals surface area (Å²) in [4.78, 5) is 5.48. The van der Waals surface area contributed by atoms with Gasteiger partial charge in [-0.2, -0.15) is 5.10 Å². The van der Waals surface area contributed by atoms with Crippen molar-refractivity contribution in [1.29, 1.82) is 0 Å². The number of nitrogens with two attached hydrogens (primary N) is 1. The van der Waals surface area contributed by atoms with Crippen LogP contribution in [0.4, 0.5) is 0 Å². The SMILES string of the molecule is COCC(N)c1nc(-c2cccs2)nn1C. The second-order valence-corrected chi connectivity index (χ2v) is 4.40. The lowest BCUT2D eigenvalue weighted by Gasteiger charge is -2.07. The number of nitrogens with zero attached hydrogens (tertiary/aromatic N) is 3. The first-order valence-electron chi connectivity index (χ1n) is 4.91. The van der Waals surface area contributed by atoms with Crippen molar-refractivity contribution < 1.29 is 4.74 Å². The third-order valence-electron chi connectivity index (χ3n) is 2.22. The van der Waals surface area contributed by atoms with Crippen molar-refractivity contribution in [2.24, 2.45) is 12.8 Å². The molecule has 1 unspecified atom stereocenters. The smallest absolute Gasteiger partial charge is 0.191 e. The van der Waals surface area contributed by atoms with Crippen molar-refractivity contribution in [3.8, 4) is 10.7 Å². The highest BCUT2D eigenvalue weighted by atomic mass is 32.1. The van der Waals surface area contributed by atoms with Gasteiger partial charge in [-0.1, -0.05) is 6.07 Å². The number of thiophene rings is 1. The van der Waals surface area contributed by atoms with E-state index in [9.17, 15) is 0 Å². The van der Waals surface area contributed by atoms with Crippen LogP contribution < -0.4 is 5.73 Å². The van der Waals surface area contributed by atoms with Crippen LogP contribution in [0.2, 0.25) is 0 Å². The number of rotatable bonds is 4. The Morgan fingerprint density at radius 1 is 1.62 bits per heavy atom. The van der Waals surface area contributed by atoms with E-state index in [-0.39, 0.29) is 6.04 Å². The highest BCUT2D eigenvalue weighted by molar-refractivity contribution is 7.13. The molecule has 5 nitrogen and oxygen atoms in total. The van der Waals surface area contributed by atoms with Gasteiger partial charge in [-0.05, 0) is 11.4 Å². The van der Waals surface area contributed by atoms with Crippen LogP contribution in [0.3, 0.4) is 0 Å². The first-order chi connectivity index (χ1) is 7.72. The van der Waals surface area contributed by atoms with E-state index in [1.165, 1.54) is 0 Å². The lowest BCUT2D eigenvalue weighted by molar-refractivity contribution is 0.177. The molecule has 0 aliphatic rings. The van der Waals surface area contributed by atoms with E-state index in [0.29, 0.717) is 6.61 Å². The van der Waals surface area contributed by atoms with Gasteiger partial charge in [0.15, 0.2) is 5.82 Å². The van der Waals surface area contributed by atoms with Gasteiger partial charge in [0, 0.05) is 14.2 Å². The third kappa shape index (κ3) is 2.13. The molecule has 1 atom stereocenters. The van der Waals surface area contributed by atoms with Gasteiger partial charge in [0.05, 0.1) is 17.5 Å². The molecule has 0 aliphatic heterocycles. The molecule has 2 aromatic rings. The molecule has 2 heterocycles. The molecule has 0 saturated heterocycles. The second-order valence-electron chi connectivity index (χ2n) is 3.46. The van der Waals surface area contributed by atoms with E-state index in [2.05, 4.69) is 10.1 Å². The Morgan fingerprint density at radius 3 is 3.06 bits per heavy atom. The molecular weight excluding hydrogens is 224 g/mol. The van der Waals surface area contributed by atoms with Gasteiger partial charge in [-0.15, -0.1) is 11.3 Å². The maximum atomic E-state index is 5.93. The van der Waals surface area contributed by atoms with Gasteiger partial charge in [0.1, 0.15) is 5.82 Å². The quantitative estimate of drug-likeness (QED) is 0.869. The maximum absolute atomic E-state index is 5.93. The van der Waals surface area contributed by atoms with E-state index < -0.39 is 0 Å². The zero-order valence-corrected chi connectivity index (χ0v) is 10.1. The summed E-state index contributed by atoms with van der Waals surface area (Å²) < 4.78 is 6.72. The predicted molar refractivity (Wildman–Crippen MR) is 63.1 cm³/mol. The number of hydrogen-bond donors (Lipinski definition) is 1. The molecule has 6 heteroatoms. The van der Waals surface area contributed by atoms with Crippen LogP contribution in [-0.2, 0) is 11.8 Å². The Labute approximate surface area is 97.9 Å². The van der Waals surface area contributed by atoms with Gasteiger partial charge >= 0.3 is 0 Å². The van der Waals surface area contributed by atoms with Crippen LogP contribution in [0, 0.1) is 0 Å². The lowest BCUT2D eigenvalue weighted by atomic mass is 10.3. The van der Waals surface area contributed by atoms with Crippen LogP contribution in [-0.4, -0.2) is 28.5 Å². The summed E-state index contributed by atoms with van der Waals surface area (Å²) in [6.45, 7) is 0.441. The molecule has 86 valence electrons. The van der Waals surface area contributed by atoms with E-state index in [1.807, 2.05) is 24.6 Å². The Balaban J connectivity index is 2.28. The molecule has 0 aliphatic carbocycles. The Kier molecular flexibility index (Phi) is 3.33.